The third-order valence-electron chi connectivity index (χ3n) is 3.92. The maximum absolute atomic E-state index is 12.4. The zero-order chi connectivity index (χ0) is 18.8. The van der Waals surface area contributed by atoms with E-state index in [2.05, 4.69) is 5.32 Å². The van der Waals surface area contributed by atoms with Crippen LogP contribution < -0.4 is 40.0 Å². The van der Waals surface area contributed by atoms with E-state index in [4.69, 9.17) is 4.74 Å². The Bertz CT molecular complexity index is 795. The molecule has 2 aliphatic heterocycles. The molecule has 11 heteroatoms. The predicted octanol–water partition coefficient (Wildman–Crippen LogP) is -3.74. The summed E-state index contributed by atoms with van der Waals surface area (Å²) in [7, 11) is 0. The van der Waals surface area contributed by atoms with E-state index in [9.17, 15) is 24.3 Å². The number of esters is 1. The molecule has 0 aromatic carbocycles. The summed E-state index contributed by atoms with van der Waals surface area (Å²) in [6.45, 7) is 1.00. The number of aliphatic carboxylic acids is 1. The van der Waals surface area contributed by atoms with Crippen molar-refractivity contribution in [3.05, 3.63) is 33.7 Å². The number of rotatable bonds is 6. The Hall–Kier alpha value is -1.33. The maximum Gasteiger partial charge on any atom is 1.00 e. The number of amides is 2. The molecule has 1 fully saturated rings. The largest absolute Gasteiger partial charge is 1.00 e. The number of hydrogen-bond acceptors (Lipinski definition) is 8. The number of carboxylic acids is 1. The summed E-state index contributed by atoms with van der Waals surface area (Å²) in [5.74, 6) is -2.59. The Labute approximate surface area is 185 Å². The zero-order valence-corrected chi connectivity index (χ0v) is 18.4. The number of carbonyl (C=O) groups excluding carboxylic acids is 4. The van der Waals surface area contributed by atoms with Gasteiger partial charge in [0.2, 0.25) is 5.91 Å². The van der Waals surface area contributed by atoms with Crippen LogP contribution in [-0.2, 0) is 30.3 Å². The van der Waals surface area contributed by atoms with E-state index in [-0.39, 0.29) is 59.9 Å². The Morgan fingerprint density at radius 3 is 2.74 bits per heavy atom. The van der Waals surface area contributed by atoms with Gasteiger partial charge in [-0.1, -0.05) is 6.07 Å². The molecule has 0 spiro atoms. The molecule has 0 radical (unpaired) electrons. The standard InChI is InChI=1S/C16H16N2O6S2.Na/c1-8(19)24-6-9-7-26-15-12(14(21)18(15)13(9)16(22)23)17-11(20)5-10-3-2-4-25-10;/h2-4,12,15H,5-7H2,1H3,(H,17,20)(H,22,23);/q;+1/p-1. The van der Waals surface area contributed by atoms with Gasteiger partial charge < -0.3 is 20.0 Å². The van der Waals surface area contributed by atoms with Gasteiger partial charge in [-0.2, -0.15) is 0 Å². The van der Waals surface area contributed by atoms with E-state index >= 15 is 0 Å². The summed E-state index contributed by atoms with van der Waals surface area (Å²) in [6, 6.07) is 2.88. The molecule has 2 atom stereocenters. The Morgan fingerprint density at radius 1 is 1.41 bits per heavy atom. The molecule has 138 valence electrons. The van der Waals surface area contributed by atoms with E-state index in [1.165, 1.54) is 30.0 Å². The molecule has 1 aromatic heterocycles. The van der Waals surface area contributed by atoms with Gasteiger partial charge in [0.25, 0.3) is 5.91 Å². The van der Waals surface area contributed by atoms with E-state index in [1.807, 2.05) is 17.5 Å². The monoisotopic (exact) mass is 418 g/mol. The first-order valence-corrected chi connectivity index (χ1v) is 9.64. The van der Waals surface area contributed by atoms with Gasteiger partial charge in [0, 0.05) is 23.1 Å². The molecule has 3 heterocycles. The first-order chi connectivity index (χ1) is 12.4. The molecule has 0 aliphatic carbocycles. The van der Waals surface area contributed by atoms with Crippen LogP contribution in [0, 0.1) is 0 Å². The SMILES string of the molecule is CC(=O)OCC1=C(C(=O)[O-])N2C(=O)C(NC(=O)Cc3cccs3)C2SC1.[Na+]. The fraction of sp³-hybridized carbons (Fsp3) is 0.375. The Kier molecular flexibility index (Phi) is 7.52. The van der Waals surface area contributed by atoms with Crippen LogP contribution in [-0.4, -0.2) is 52.4 Å². The smallest absolute Gasteiger partial charge is 0.543 e. The topological polar surface area (TPSA) is 116 Å². The summed E-state index contributed by atoms with van der Waals surface area (Å²) < 4.78 is 4.85. The van der Waals surface area contributed by atoms with Gasteiger partial charge >= 0.3 is 35.5 Å². The number of thiophene rings is 1. The normalized spacial score (nSPS) is 20.9. The molecule has 1 aromatic rings. The predicted molar refractivity (Wildman–Crippen MR) is 91.7 cm³/mol. The molecule has 0 saturated carbocycles. The van der Waals surface area contributed by atoms with Crippen molar-refractivity contribution >= 4 is 46.9 Å². The van der Waals surface area contributed by atoms with Crippen LogP contribution in [0.3, 0.4) is 0 Å². The fourth-order valence-electron chi connectivity index (χ4n) is 2.77. The van der Waals surface area contributed by atoms with Gasteiger partial charge in [-0.25, -0.2) is 0 Å². The molecule has 1 saturated heterocycles. The molecule has 2 aliphatic rings. The van der Waals surface area contributed by atoms with Gasteiger partial charge in [-0.3, -0.25) is 19.3 Å². The van der Waals surface area contributed by atoms with Gasteiger partial charge in [-0.15, -0.1) is 23.1 Å². The van der Waals surface area contributed by atoms with Crippen LogP contribution in [0.25, 0.3) is 0 Å². The maximum atomic E-state index is 12.4. The number of carboxylic acid groups (broad SMARTS) is 1. The van der Waals surface area contributed by atoms with Crippen molar-refractivity contribution in [3.8, 4) is 0 Å². The summed E-state index contributed by atoms with van der Waals surface area (Å²) >= 11 is 2.75. The van der Waals surface area contributed by atoms with Gasteiger partial charge in [0.15, 0.2) is 0 Å². The molecule has 1 N–H and O–H groups in total. The first kappa shape index (κ1) is 22.0. The second-order valence-corrected chi connectivity index (χ2v) is 7.87. The number of ether oxygens (including phenoxy) is 1. The van der Waals surface area contributed by atoms with Crippen LogP contribution in [0.15, 0.2) is 28.8 Å². The average Bonchev–Trinajstić information content (AvgIpc) is 3.09. The van der Waals surface area contributed by atoms with E-state index < -0.39 is 29.3 Å². The molecule has 0 bridgehead atoms. The third-order valence-corrected chi connectivity index (χ3v) is 6.14. The molecule has 27 heavy (non-hydrogen) atoms. The van der Waals surface area contributed by atoms with Crippen LogP contribution in [0.5, 0.6) is 0 Å². The van der Waals surface area contributed by atoms with Crippen molar-refractivity contribution in [1.29, 1.82) is 0 Å². The van der Waals surface area contributed by atoms with Crippen LogP contribution in [0.4, 0.5) is 0 Å². The van der Waals surface area contributed by atoms with Crippen molar-refractivity contribution in [3.63, 3.8) is 0 Å². The molecular weight excluding hydrogens is 403 g/mol. The summed E-state index contributed by atoms with van der Waals surface area (Å²) in [5, 5.41) is 15.5. The van der Waals surface area contributed by atoms with Crippen LogP contribution in [0.1, 0.15) is 11.8 Å². The fourth-order valence-corrected chi connectivity index (χ4v) is 4.80. The zero-order valence-electron chi connectivity index (χ0n) is 14.7. The first-order valence-electron chi connectivity index (χ1n) is 7.71. The Balaban J connectivity index is 0.00000261. The van der Waals surface area contributed by atoms with E-state index in [0.29, 0.717) is 5.57 Å². The Morgan fingerprint density at radius 2 is 2.15 bits per heavy atom. The molecular formula is C16H15N2NaO6S2. The second kappa shape index (κ2) is 9.24. The molecule has 2 unspecified atom stereocenters. The third kappa shape index (κ3) is 4.75. The number of fused-ring (bicyclic) bond motifs is 1. The number of carbonyl (C=O) groups is 4. The number of nitrogens with one attached hydrogen (secondary N) is 1. The quantitative estimate of drug-likeness (QED) is 0.287. The summed E-state index contributed by atoms with van der Waals surface area (Å²) in [4.78, 5) is 48.9. The summed E-state index contributed by atoms with van der Waals surface area (Å²) in [6.07, 6.45) is 0.166. The molecule has 2 amide bonds. The minimum Gasteiger partial charge on any atom is -0.543 e. The van der Waals surface area contributed by atoms with Gasteiger partial charge in [0.05, 0.1) is 18.1 Å². The molecule has 3 rings (SSSR count). The van der Waals surface area contributed by atoms with Gasteiger partial charge in [0.1, 0.15) is 18.0 Å². The molecule has 8 nitrogen and oxygen atoms in total. The average molecular weight is 418 g/mol. The summed E-state index contributed by atoms with van der Waals surface area (Å²) in [5.41, 5.74) is 0.0296. The van der Waals surface area contributed by atoms with E-state index in [0.717, 1.165) is 9.78 Å². The number of nitrogens with zero attached hydrogens (tertiary/aromatic N) is 1. The van der Waals surface area contributed by atoms with Crippen molar-refractivity contribution < 1.29 is 58.6 Å². The van der Waals surface area contributed by atoms with Crippen LogP contribution in [0.2, 0.25) is 0 Å². The minimum absolute atomic E-state index is 0. The van der Waals surface area contributed by atoms with Crippen molar-refractivity contribution in [1.82, 2.24) is 10.2 Å². The van der Waals surface area contributed by atoms with Crippen molar-refractivity contribution in [2.24, 2.45) is 0 Å². The number of β-lactam (4-membered cyclic amide) rings is 1. The minimum atomic E-state index is -1.51. The van der Waals surface area contributed by atoms with Crippen molar-refractivity contribution in [2.45, 2.75) is 24.8 Å². The number of hydrogen-bond donors (Lipinski definition) is 1. The van der Waals surface area contributed by atoms with Crippen LogP contribution >= 0.6 is 23.1 Å². The van der Waals surface area contributed by atoms with Gasteiger partial charge in [-0.05, 0) is 11.4 Å². The second-order valence-electron chi connectivity index (χ2n) is 5.73. The van der Waals surface area contributed by atoms with E-state index in [1.54, 1.807) is 0 Å². The van der Waals surface area contributed by atoms with Crippen molar-refractivity contribution in [2.75, 3.05) is 12.4 Å². The number of thioether (sulfide) groups is 1.